The minimum Gasteiger partial charge on any atom is -0.316 e. The number of primary sulfonamides is 1. The maximum Gasteiger partial charge on any atom is 0.255 e. The molecule has 2 aliphatic heterocycles. The number of nitrogens with one attached hydrogen (secondary N) is 5. The summed E-state index contributed by atoms with van der Waals surface area (Å²) in [4.78, 5) is 4.00. The summed E-state index contributed by atoms with van der Waals surface area (Å²) in [6, 6.07) is 10.0. The predicted molar refractivity (Wildman–Crippen MR) is 96.6 cm³/mol. The van der Waals surface area contributed by atoms with Gasteiger partial charge in [0.1, 0.15) is 6.17 Å². The lowest BCUT2D eigenvalue weighted by Gasteiger charge is -2.18. The summed E-state index contributed by atoms with van der Waals surface area (Å²) in [6.45, 7) is 2.03. The number of pyridine rings is 1. The Morgan fingerprint density at radius 1 is 1.08 bits per heavy atom. The lowest BCUT2D eigenvalue weighted by molar-refractivity contribution is 0.534. The van der Waals surface area contributed by atoms with E-state index in [9.17, 15) is 8.42 Å². The van der Waals surface area contributed by atoms with Crippen molar-refractivity contribution in [2.75, 3.05) is 13.1 Å². The molecule has 2 aromatic rings. The second-order valence-electron chi connectivity index (χ2n) is 6.41. The first-order valence-electron chi connectivity index (χ1n) is 8.38. The van der Waals surface area contributed by atoms with E-state index in [0.29, 0.717) is 11.5 Å². The van der Waals surface area contributed by atoms with Crippen molar-refractivity contribution >= 4 is 10.0 Å². The Bertz CT molecular complexity index is 889. The molecule has 3 heterocycles. The van der Waals surface area contributed by atoms with Crippen LogP contribution in [0.3, 0.4) is 0 Å². The summed E-state index contributed by atoms with van der Waals surface area (Å²) < 4.78 is 24.1. The van der Waals surface area contributed by atoms with Crippen LogP contribution in [0.5, 0.6) is 0 Å². The zero-order valence-electron chi connectivity index (χ0n) is 14.0. The lowest BCUT2D eigenvalue weighted by atomic mass is 9.94. The molecule has 1 aromatic heterocycles. The molecular weight excluding hydrogens is 354 g/mol. The van der Waals surface area contributed by atoms with Gasteiger partial charge < -0.3 is 5.32 Å². The minimum atomic E-state index is -3.98. The Kier molecular flexibility index (Phi) is 4.71. The topological polar surface area (TPSA) is 133 Å². The van der Waals surface area contributed by atoms with Crippen LogP contribution in [0.4, 0.5) is 0 Å². The van der Waals surface area contributed by atoms with Crippen LogP contribution >= 0.6 is 0 Å². The number of hydrogen-bond acceptors (Lipinski definition) is 8. The van der Waals surface area contributed by atoms with Gasteiger partial charge in [-0.2, -0.15) is 11.1 Å². The molecule has 1 aromatic carbocycles. The minimum absolute atomic E-state index is 0.158. The Hall–Kier alpha value is -1.92. The van der Waals surface area contributed by atoms with Crippen LogP contribution < -0.4 is 32.4 Å². The van der Waals surface area contributed by atoms with E-state index in [-0.39, 0.29) is 5.03 Å². The third kappa shape index (κ3) is 3.35. The molecule has 0 aliphatic carbocycles. The van der Waals surface area contributed by atoms with E-state index in [1.807, 2.05) is 12.1 Å². The molecule has 0 amide bonds. The van der Waals surface area contributed by atoms with Crippen molar-refractivity contribution in [3.63, 3.8) is 0 Å². The quantitative estimate of drug-likeness (QED) is 0.425. The van der Waals surface area contributed by atoms with Gasteiger partial charge in [0.05, 0.1) is 0 Å². The summed E-state index contributed by atoms with van der Waals surface area (Å²) in [6.07, 6.45) is 2.08. The molecular formula is C16H21N7O2S. The van der Waals surface area contributed by atoms with Gasteiger partial charge >= 0.3 is 0 Å². The normalized spacial score (nSPS) is 21.3. The molecule has 2 aliphatic rings. The first-order valence-corrected chi connectivity index (χ1v) is 9.92. The second-order valence-corrected chi connectivity index (χ2v) is 7.88. The summed E-state index contributed by atoms with van der Waals surface area (Å²) in [5.41, 5.74) is 14.6. The first kappa shape index (κ1) is 17.5. The highest BCUT2D eigenvalue weighted by atomic mass is 32.2. The Morgan fingerprint density at radius 3 is 2.42 bits per heavy atom. The van der Waals surface area contributed by atoms with E-state index in [1.54, 1.807) is 6.07 Å². The number of sulfonamides is 1. The van der Waals surface area contributed by atoms with Crippen molar-refractivity contribution in [3.05, 3.63) is 47.7 Å². The van der Waals surface area contributed by atoms with Crippen LogP contribution in [0.15, 0.2) is 41.6 Å². The number of nitrogens with two attached hydrogens (primary N) is 1. The van der Waals surface area contributed by atoms with E-state index in [1.165, 1.54) is 11.8 Å². The van der Waals surface area contributed by atoms with Crippen LogP contribution in [-0.2, 0) is 10.0 Å². The van der Waals surface area contributed by atoms with Crippen molar-refractivity contribution in [2.45, 2.75) is 23.5 Å². The zero-order valence-corrected chi connectivity index (χ0v) is 14.8. The molecule has 2 fully saturated rings. The third-order valence-corrected chi connectivity index (χ3v) is 5.62. The van der Waals surface area contributed by atoms with Crippen LogP contribution in [-0.4, -0.2) is 26.5 Å². The van der Waals surface area contributed by atoms with E-state index in [2.05, 4.69) is 44.4 Å². The zero-order chi connectivity index (χ0) is 18.1. The molecule has 9 nitrogen and oxygen atoms in total. The molecule has 0 radical (unpaired) electrons. The Morgan fingerprint density at radius 2 is 1.81 bits per heavy atom. The molecule has 26 heavy (non-hydrogen) atoms. The number of benzene rings is 1. The number of hydrogen-bond donors (Lipinski definition) is 6. The van der Waals surface area contributed by atoms with Gasteiger partial charge in [-0.05, 0) is 41.6 Å². The van der Waals surface area contributed by atoms with Gasteiger partial charge in [0.15, 0.2) is 5.03 Å². The van der Waals surface area contributed by atoms with Gasteiger partial charge in [0.25, 0.3) is 10.0 Å². The van der Waals surface area contributed by atoms with Gasteiger partial charge in [-0.15, -0.1) is 0 Å². The third-order valence-electron chi connectivity index (χ3n) is 4.76. The SMILES string of the molecule is NS(=O)(=O)c1nccc(-c2ccc(C3CCNC3)cc2)c1C1NNNN1. The largest absolute Gasteiger partial charge is 0.316 e. The van der Waals surface area contributed by atoms with Gasteiger partial charge in [0.2, 0.25) is 0 Å². The lowest BCUT2D eigenvalue weighted by Crippen LogP contribution is -2.33. The van der Waals surface area contributed by atoms with Gasteiger partial charge in [-0.1, -0.05) is 24.3 Å². The van der Waals surface area contributed by atoms with E-state index in [0.717, 1.165) is 30.6 Å². The first-order chi connectivity index (χ1) is 12.5. The van der Waals surface area contributed by atoms with Crippen molar-refractivity contribution < 1.29 is 8.42 Å². The summed E-state index contributed by atoms with van der Waals surface area (Å²) >= 11 is 0. The maximum atomic E-state index is 12.0. The average molecular weight is 375 g/mol. The van der Waals surface area contributed by atoms with E-state index >= 15 is 0 Å². The highest BCUT2D eigenvalue weighted by Crippen LogP contribution is 2.32. The number of nitrogens with zero attached hydrogens (tertiary/aromatic N) is 1. The predicted octanol–water partition coefficient (Wildman–Crippen LogP) is -0.411. The number of hydrazine groups is 3. The van der Waals surface area contributed by atoms with Crippen molar-refractivity contribution in [1.29, 1.82) is 0 Å². The molecule has 0 saturated carbocycles. The molecule has 2 saturated heterocycles. The fourth-order valence-corrected chi connectivity index (χ4v) is 4.22. The van der Waals surface area contributed by atoms with Crippen LogP contribution in [0.25, 0.3) is 11.1 Å². The molecule has 138 valence electrons. The van der Waals surface area contributed by atoms with E-state index < -0.39 is 16.2 Å². The molecule has 4 rings (SSSR count). The van der Waals surface area contributed by atoms with Crippen LogP contribution in [0, 0.1) is 0 Å². The Labute approximate surface area is 151 Å². The van der Waals surface area contributed by atoms with Gasteiger partial charge in [-0.3, -0.25) is 0 Å². The molecule has 1 atom stereocenters. The van der Waals surface area contributed by atoms with Gasteiger partial charge in [0, 0.05) is 18.3 Å². The maximum absolute atomic E-state index is 12.0. The van der Waals surface area contributed by atoms with Crippen LogP contribution in [0.1, 0.15) is 29.6 Å². The average Bonchev–Trinajstić information content (AvgIpc) is 3.34. The van der Waals surface area contributed by atoms with Gasteiger partial charge in [-0.25, -0.2) is 29.4 Å². The summed E-state index contributed by atoms with van der Waals surface area (Å²) in [5, 5.41) is 8.60. The molecule has 7 N–H and O–H groups in total. The molecule has 0 bridgehead atoms. The number of rotatable bonds is 4. The number of aromatic nitrogens is 1. The van der Waals surface area contributed by atoms with Crippen molar-refractivity contribution in [1.82, 2.24) is 32.2 Å². The van der Waals surface area contributed by atoms with Crippen molar-refractivity contribution in [3.8, 4) is 11.1 Å². The summed E-state index contributed by atoms with van der Waals surface area (Å²) in [5.74, 6) is 0.521. The highest BCUT2D eigenvalue weighted by Gasteiger charge is 2.28. The summed E-state index contributed by atoms with van der Waals surface area (Å²) in [7, 11) is -3.98. The van der Waals surface area contributed by atoms with Crippen molar-refractivity contribution in [2.24, 2.45) is 5.14 Å². The molecule has 1 unspecified atom stereocenters. The van der Waals surface area contributed by atoms with E-state index in [4.69, 9.17) is 5.14 Å². The molecule has 0 spiro atoms. The fourth-order valence-electron chi connectivity index (χ4n) is 3.48. The Balaban J connectivity index is 1.78. The standard InChI is InChI=1S/C16H21N7O2S/c17-26(24,25)16-14(15-20-22-23-21-15)13(6-8-19-16)11-3-1-10(2-4-11)12-5-7-18-9-12/h1-4,6,8,12,15,18,20-23H,5,7,9H2,(H2,17,24,25). The highest BCUT2D eigenvalue weighted by molar-refractivity contribution is 7.89. The van der Waals surface area contributed by atoms with Crippen LogP contribution in [0.2, 0.25) is 0 Å². The second kappa shape index (κ2) is 7.00. The monoisotopic (exact) mass is 375 g/mol. The smallest absolute Gasteiger partial charge is 0.255 e. The fraction of sp³-hybridized carbons (Fsp3) is 0.312. The molecule has 10 heteroatoms.